The van der Waals surface area contributed by atoms with Gasteiger partial charge >= 0.3 is 0 Å². The molecule has 28 heavy (non-hydrogen) atoms. The lowest BCUT2D eigenvalue weighted by molar-refractivity contribution is -1.02. The third kappa shape index (κ3) is 5.50. The normalized spacial score (nSPS) is 19.2. The van der Waals surface area contributed by atoms with Gasteiger partial charge in [-0.15, -0.1) is 0 Å². The van der Waals surface area contributed by atoms with Crippen LogP contribution >= 0.6 is 0 Å². The molecular weight excluding hydrogens is 364 g/mol. The van der Waals surface area contributed by atoms with Crippen LogP contribution in [0, 0.1) is 11.6 Å². The van der Waals surface area contributed by atoms with Crippen molar-refractivity contribution in [3.63, 3.8) is 0 Å². The fraction of sp³-hybridized carbons (Fsp3) is 0.381. The van der Waals surface area contributed by atoms with Crippen LogP contribution in [0.5, 0.6) is 5.75 Å². The van der Waals surface area contributed by atoms with Gasteiger partial charge in [-0.05, 0) is 43.3 Å². The van der Waals surface area contributed by atoms with Crippen LogP contribution in [0.2, 0.25) is 0 Å². The van der Waals surface area contributed by atoms with Gasteiger partial charge in [0, 0.05) is 5.69 Å². The number of benzene rings is 2. The zero-order valence-electron chi connectivity index (χ0n) is 16.1. The molecule has 3 N–H and O–H groups in total. The van der Waals surface area contributed by atoms with E-state index in [4.69, 9.17) is 4.74 Å². The number of hydrogen-bond donors (Lipinski definition) is 3. The first-order chi connectivity index (χ1) is 13.5. The summed E-state index contributed by atoms with van der Waals surface area (Å²) < 4.78 is 33.0. The Morgan fingerprint density at radius 2 is 1.61 bits per heavy atom. The molecule has 0 saturated carbocycles. The fourth-order valence-corrected chi connectivity index (χ4v) is 3.50. The Labute approximate surface area is 163 Å². The van der Waals surface area contributed by atoms with E-state index >= 15 is 0 Å². The van der Waals surface area contributed by atoms with Crippen LogP contribution in [0.3, 0.4) is 0 Å². The smallest absolute Gasteiger partial charge is 0.279 e. The highest BCUT2D eigenvalue weighted by atomic mass is 19.1. The molecule has 1 aliphatic heterocycles. The minimum atomic E-state index is -0.489. The number of carbonyl (C=O) groups is 1. The average Bonchev–Trinajstić information content (AvgIpc) is 2.68. The molecule has 0 atom stereocenters. The van der Waals surface area contributed by atoms with E-state index in [9.17, 15) is 13.6 Å². The number of quaternary nitrogens is 2. The lowest BCUT2D eigenvalue weighted by Gasteiger charge is -2.29. The number of ether oxygens (including phenoxy) is 1. The molecule has 0 spiro atoms. The summed E-state index contributed by atoms with van der Waals surface area (Å²) in [6.45, 7) is 6.39. The van der Waals surface area contributed by atoms with Crippen molar-refractivity contribution in [1.82, 2.24) is 0 Å². The Morgan fingerprint density at radius 3 is 2.21 bits per heavy atom. The minimum absolute atomic E-state index is 0.0391. The summed E-state index contributed by atoms with van der Waals surface area (Å²) in [6, 6.07) is 11.3. The fourth-order valence-electron chi connectivity index (χ4n) is 3.50. The van der Waals surface area contributed by atoms with E-state index in [0.717, 1.165) is 42.5 Å². The van der Waals surface area contributed by atoms with Crippen molar-refractivity contribution in [3.05, 3.63) is 59.7 Å². The third-order valence-electron chi connectivity index (χ3n) is 5.01. The van der Waals surface area contributed by atoms with Gasteiger partial charge < -0.3 is 19.9 Å². The Kier molecular flexibility index (Phi) is 6.95. The quantitative estimate of drug-likeness (QED) is 0.635. The second kappa shape index (κ2) is 9.61. The van der Waals surface area contributed by atoms with E-state index in [2.05, 4.69) is 5.32 Å². The van der Waals surface area contributed by atoms with Gasteiger partial charge in [0.25, 0.3) is 5.91 Å². The van der Waals surface area contributed by atoms with Gasteiger partial charge in [-0.1, -0.05) is 6.07 Å². The van der Waals surface area contributed by atoms with E-state index in [-0.39, 0.29) is 11.5 Å². The molecule has 2 aromatic carbocycles. The maximum Gasteiger partial charge on any atom is 0.279 e. The molecule has 1 fully saturated rings. The molecule has 0 bridgehead atoms. The maximum atomic E-state index is 13.8. The first-order valence-corrected chi connectivity index (χ1v) is 9.68. The standard InChI is InChI=1S/C21H25F2N3O2/c1-2-28-17-8-6-16(7-9-17)24-21(27)15-26-12-10-25(11-13-26)14-18-19(22)4-3-5-20(18)23/h3-9H,2,10-15H2,1H3,(H,24,27)/p+2. The number of nitrogens with one attached hydrogen (secondary N) is 3. The van der Waals surface area contributed by atoms with Crippen LogP contribution in [0.25, 0.3) is 0 Å². The summed E-state index contributed by atoms with van der Waals surface area (Å²) in [7, 11) is 0. The molecule has 1 heterocycles. The van der Waals surface area contributed by atoms with Crippen molar-refractivity contribution in [1.29, 1.82) is 0 Å². The molecule has 7 heteroatoms. The van der Waals surface area contributed by atoms with E-state index in [0.29, 0.717) is 19.7 Å². The van der Waals surface area contributed by atoms with E-state index in [1.54, 1.807) is 0 Å². The van der Waals surface area contributed by atoms with Crippen molar-refractivity contribution in [2.75, 3.05) is 44.6 Å². The SMILES string of the molecule is CCOc1ccc(NC(=O)C[NH+]2CC[NH+](Cc3c(F)cccc3F)CC2)cc1. The highest BCUT2D eigenvalue weighted by Gasteiger charge is 2.26. The van der Waals surface area contributed by atoms with Crippen molar-refractivity contribution in [3.8, 4) is 5.75 Å². The van der Waals surface area contributed by atoms with Crippen molar-refractivity contribution < 1.29 is 28.1 Å². The summed E-state index contributed by atoms with van der Waals surface area (Å²) in [5.74, 6) is -0.242. The predicted octanol–water partition coefficient (Wildman–Crippen LogP) is 0.286. The number of halogens is 2. The molecule has 1 aliphatic rings. The lowest BCUT2D eigenvalue weighted by Crippen LogP contribution is -3.28. The lowest BCUT2D eigenvalue weighted by atomic mass is 10.1. The van der Waals surface area contributed by atoms with E-state index in [1.165, 1.54) is 23.1 Å². The summed E-state index contributed by atoms with van der Waals surface area (Å²) in [6.07, 6.45) is 0. The van der Waals surface area contributed by atoms with Gasteiger partial charge in [0.05, 0.1) is 12.2 Å². The number of rotatable bonds is 7. The highest BCUT2D eigenvalue weighted by molar-refractivity contribution is 5.91. The Morgan fingerprint density at radius 1 is 1.00 bits per heavy atom. The Hall–Kier alpha value is -2.51. The summed E-state index contributed by atoms with van der Waals surface area (Å²) in [5.41, 5.74) is 0.890. The zero-order chi connectivity index (χ0) is 19.9. The molecule has 0 radical (unpaired) electrons. The van der Waals surface area contributed by atoms with Gasteiger partial charge in [0.1, 0.15) is 50.1 Å². The Balaban J connectivity index is 1.44. The number of anilines is 1. The molecule has 3 rings (SSSR count). The maximum absolute atomic E-state index is 13.8. The number of amides is 1. The predicted molar refractivity (Wildman–Crippen MR) is 103 cm³/mol. The van der Waals surface area contributed by atoms with Crippen LogP contribution in [0.1, 0.15) is 12.5 Å². The van der Waals surface area contributed by atoms with Crippen molar-refractivity contribution in [2.24, 2.45) is 0 Å². The number of carbonyl (C=O) groups excluding carboxylic acids is 1. The van der Waals surface area contributed by atoms with Crippen molar-refractivity contribution >= 4 is 11.6 Å². The molecule has 5 nitrogen and oxygen atoms in total. The van der Waals surface area contributed by atoms with Gasteiger partial charge in [-0.3, -0.25) is 4.79 Å². The molecule has 0 aliphatic carbocycles. The first-order valence-electron chi connectivity index (χ1n) is 9.68. The van der Waals surface area contributed by atoms with E-state index in [1.807, 2.05) is 31.2 Å². The van der Waals surface area contributed by atoms with Crippen LogP contribution in [0.4, 0.5) is 14.5 Å². The van der Waals surface area contributed by atoms with Crippen molar-refractivity contribution in [2.45, 2.75) is 13.5 Å². The molecule has 150 valence electrons. The van der Waals surface area contributed by atoms with Gasteiger partial charge in [0.2, 0.25) is 0 Å². The molecule has 2 aromatic rings. The second-order valence-electron chi connectivity index (χ2n) is 7.06. The molecule has 0 aromatic heterocycles. The largest absolute Gasteiger partial charge is 0.494 e. The van der Waals surface area contributed by atoms with E-state index < -0.39 is 11.6 Å². The third-order valence-corrected chi connectivity index (χ3v) is 5.01. The average molecular weight is 391 g/mol. The number of piperazine rings is 1. The molecular formula is C21H27F2N3O2+2. The van der Waals surface area contributed by atoms with Crippen LogP contribution in [0.15, 0.2) is 42.5 Å². The summed E-state index contributed by atoms with van der Waals surface area (Å²) in [5, 5.41) is 2.90. The minimum Gasteiger partial charge on any atom is -0.494 e. The Bertz CT molecular complexity index is 770. The van der Waals surface area contributed by atoms with Crippen LogP contribution in [-0.2, 0) is 11.3 Å². The first kappa shape index (κ1) is 20.2. The van der Waals surface area contributed by atoms with Gasteiger partial charge in [-0.25, -0.2) is 8.78 Å². The van der Waals surface area contributed by atoms with Crippen LogP contribution in [-0.4, -0.2) is 45.2 Å². The topological polar surface area (TPSA) is 47.2 Å². The highest BCUT2D eigenvalue weighted by Crippen LogP contribution is 2.15. The monoisotopic (exact) mass is 391 g/mol. The number of hydrogen-bond acceptors (Lipinski definition) is 2. The van der Waals surface area contributed by atoms with Gasteiger partial charge in [-0.2, -0.15) is 0 Å². The summed E-state index contributed by atoms with van der Waals surface area (Å²) >= 11 is 0. The summed E-state index contributed by atoms with van der Waals surface area (Å²) in [4.78, 5) is 14.6. The van der Waals surface area contributed by atoms with Crippen LogP contribution < -0.4 is 19.9 Å². The second-order valence-corrected chi connectivity index (χ2v) is 7.06. The molecule has 1 saturated heterocycles. The van der Waals surface area contributed by atoms with Gasteiger partial charge in [0.15, 0.2) is 6.54 Å². The molecule has 1 amide bonds. The zero-order valence-corrected chi connectivity index (χ0v) is 16.1. The molecule has 0 unspecified atom stereocenters.